The number of rotatable bonds is 5. The van der Waals surface area contributed by atoms with E-state index in [0.717, 1.165) is 16.7 Å². The SMILES string of the molecule is O=[P+](CCP1(=O)Oc2ccccc2-c2ccccc21)c1ccccc1-c1ccccc1O. The van der Waals surface area contributed by atoms with Crippen LogP contribution < -0.4 is 15.1 Å². The van der Waals surface area contributed by atoms with Crippen molar-refractivity contribution in [2.75, 3.05) is 12.3 Å². The van der Waals surface area contributed by atoms with Crippen molar-refractivity contribution >= 4 is 25.8 Å². The molecule has 0 amide bonds. The zero-order chi connectivity index (χ0) is 22.1. The van der Waals surface area contributed by atoms with Crippen molar-refractivity contribution in [3.63, 3.8) is 0 Å². The van der Waals surface area contributed by atoms with Crippen LogP contribution in [0.3, 0.4) is 0 Å². The summed E-state index contributed by atoms with van der Waals surface area (Å²) < 4.78 is 33.4. The van der Waals surface area contributed by atoms with Gasteiger partial charge in [0.25, 0.3) is 7.37 Å². The molecule has 0 aromatic heterocycles. The molecule has 1 heterocycles. The standard InChI is InChI=1S/C26H20O4P2/c27-23-13-5-1-9-19(23)21-11-3-7-15-25(21)31(28)17-18-32(29)26-16-8-4-12-22(26)20-10-2-6-14-24(20)30-32/h1-16H,17-18H2/p+1. The van der Waals surface area contributed by atoms with Gasteiger partial charge in [0.2, 0.25) is 0 Å². The maximum Gasteiger partial charge on any atom is 0.378 e. The van der Waals surface area contributed by atoms with Crippen LogP contribution in [0.5, 0.6) is 11.5 Å². The fourth-order valence-electron chi connectivity index (χ4n) is 4.10. The minimum absolute atomic E-state index is 0.136. The van der Waals surface area contributed by atoms with Gasteiger partial charge in [0, 0.05) is 16.7 Å². The van der Waals surface area contributed by atoms with E-state index >= 15 is 0 Å². The maximum absolute atomic E-state index is 14.0. The predicted molar refractivity (Wildman–Crippen MR) is 130 cm³/mol. The van der Waals surface area contributed by atoms with Crippen molar-refractivity contribution in [1.29, 1.82) is 0 Å². The van der Waals surface area contributed by atoms with Crippen LogP contribution in [0.2, 0.25) is 0 Å². The van der Waals surface area contributed by atoms with Crippen LogP contribution in [0.15, 0.2) is 97.1 Å². The van der Waals surface area contributed by atoms with Gasteiger partial charge >= 0.3 is 7.80 Å². The molecule has 6 heteroatoms. The third-order valence-electron chi connectivity index (χ3n) is 5.66. The third-order valence-corrected chi connectivity index (χ3v) is 10.00. The Balaban J connectivity index is 1.46. The van der Waals surface area contributed by atoms with Gasteiger partial charge in [-0.15, -0.1) is 0 Å². The average Bonchev–Trinajstić information content (AvgIpc) is 2.83. The molecule has 1 N–H and O–H groups in total. The summed E-state index contributed by atoms with van der Waals surface area (Å²) in [6.45, 7) is 0. The van der Waals surface area contributed by atoms with Crippen molar-refractivity contribution in [1.82, 2.24) is 0 Å². The zero-order valence-electron chi connectivity index (χ0n) is 17.2. The summed E-state index contributed by atoms with van der Waals surface area (Å²) in [4.78, 5) is 0. The van der Waals surface area contributed by atoms with E-state index in [9.17, 15) is 14.2 Å². The number of phenolic OH excluding ortho intramolecular Hbond substituents is 1. The van der Waals surface area contributed by atoms with Crippen molar-refractivity contribution < 1.29 is 18.8 Å². The molecule has 4 aromatic carbocycles. The van der Waals surface area contributed by atoms with E-state index in [2.05, 4.69) is 0 Å². The highest BCUT2D eigenvalue weighted by molar-refractivity contribution is 7.68. The highest BCUT2D eigenvalue weighted by Crippen LogP contribution is 2.55. The number of fused-ring (bicyclic) bond motifs is 3. The van der Waals surface area contributed by atoms with Gasteiger partial charge in [-0.25, -0.2) is 0 Å². The highest BCUT2D eigenvalue weighted by atomic mass is 31.2. The summed E-state index contributed by atoms with van der Waals surface area (Å²) in [5.74, 6) is 0.733. The molecule has 5 rings (SSSR count). The molecule has 32 heavy (non-hydrogen) atoms. The lowest BCUT2D eigenvalue weighted by atomic mass is 10.0. The average molecular weight is 459 g/mol. The van der Waals surface area contributed by atoms with Gasteiger partial charge in [0.05, 0.1) is 11.5 Å². The summed E-state index contributed by atoms with van der Waals surface area (Å²) in [6.07, 6.45) is 0.385. The molecule has 2 atom stereocenters. The van der Waals surface area contributed by atoms with Gasteiger partial charge in [-0.1, -0.05) is 71.3 Å². The monoisotopic (exact) mass is 459 g/mol. The van der Waals surface area contributed by atoms with Gasteiger partial charge in [-0.2, -0.15) is 0 Å². The molecular weight excluding hydrogens is 438 g/mol. The van der Waals surface area contributed by atoms with E-state index < -0.39 is 15.2 Å². The van der Waals surface area contributed by atoms with Crippen LogP contribution in [0.25, 0.3) is 22.3 Å². The molecule has 1 aliphatic rings. The summed E-state index contributed by atoms with van der Waals surface area (Å²) in [7, 11) is -5.10. The van der Waals surface area contributed by atoms with Crippen LogP contribution >= 0.6 is 15.2 Å². The first-order valence-electron chi connectivity index (χ1n) is 10.4. The number of hydrogen-bond donors (Lipinski definition) is 1. The molecule has 4 nitrogen and oxygen atoms in total. The Bertz CT molecular complexity index is 1380. The molecule has 1 aliphatic heterocycles. The molecule has 0 spiro atoms. The van der Waals surface area contributed by atoms with Gasteiger partial charge < -0.3 is 9.63 Å². The van der Waals surface area contributed by atoms with E-state index in [1.165, 1.54) is 0 Å². The van der Waals surface area contributed by atoms with E-state index in [0.29, 0.717) is 21.9 Å². The minimum Gasteiger partial charge on any atom is -0.507 e. The van der Waals surface area contributed by atoms with Crippen LogP contribution in [-0.2, 0) is 9.13 Å². The molecular formula is C26H21O4P2+. The van der Waals surface area contributed by atoms with E-state index in [4.69, 9.17) is 4.52 Å². The first-order valence-corrected chi connectivity index (χ1v) is 13.6. The maximum atomic E-state index is 14.0. The third kappa shape index (κ3) is 3.66. The quantitative estimate of drug-likeness (QED) is 0.362. The van der Waals surface area contributed by atoms with Crippen molar-refractivity contribution in [3.05, 3.63) is 97.1 Å². The second kappa shape index (κ2) is 8.39. The summed E-state index contributed by atoms with van der Waals surface area (Å²) in [5, 5.41) is 11.6. The van der Waals surface area contributed by atoms with Gasteiger partial charge in [0.1, 0.15) is 11.5 Å². The number of aromatic hydroxyl groups is 1. The zero-order valence-corrected chi connectivity index (χ0v) is 19.0. The molecule has 0 bridgehead atoms. The van der Waals surface area contributed by atoms with Gasteiger partial charge in [0.15, 0.2) is 11.5 Å². The fraction of sp³-hybridized carbons (Fsp3) is 0.0769. The number of hydrogen-bond acceptors (Lipinski definition) is 4. The normalized spacial score (nSPS) is 17.1. The summed E-state index contributed by atoms with van der Waals surface area (Å²) in [5.41, 5.74) is 3.18. The van der Waals surface area contributed by atoms with Crippen molar-refractivity contribution in [3.8, 4) is 33.8 Å². The molecule has 158 valence electrons. The number of phenols is 1. The van der Waals surface area contributed by atoms with Crippen molar-refractivity contribution in [2.45, 2.75) is 0 Å². The largest absolute Gasteiger partial charge is 0.507 e. The van der Waals surface area contributed by atoms with Gasteiger partial charge in [-0.05, 0) is 35.9 Å². The Hall–Kier alpha value is -3.19. The molecule has 0 aliphatic carbocycles. The topological polar surface area (TPSA) is 63.6 Å². The Morgan fingerprint density at radius 1 is 0.719 bits per heavy atom. The summed E-state index contributed by atoms with van der Waals surface area (Å²) in [6, 6.07) is 29.5. The Kier molecular flexibility index (Phi) is 5.43. The fourth-order valence-corrected chi connectivity index (χ4v) is 8.62. The van der Waals surface area contributed by atoms with E-state index in [1.54, 1.807) is 24.3 Å². The molecule has 0 radical (unpaired) electrons. The lowest BCUT2D eigenvalue weighted by Crippen LogP contribution is -2.21. The molecule has 0 saturated heterocycles. The number of para-hydroxylation sites is 2. The smallest absolute Gasteiger partial charge is 0.378 e. The first-order chi connectivity index (χ1) is 15.6. The second-order valence-corrected chi connectivity index (χ2v) is 11.8. The Morgan fingerprint density at radius 3 is 2.09 bits per heavy atom. The van der Waals surface area contributed by atoms with Crippen molar-refractivity contribution in [2.24, 2.45) is 0 Å². The predicted octanol–water partition coefficient (Wildman–Crippen LogP) is 6.17. The van der Waals surface area contributed by atoms with Gasteiger partial charge in [-0.3, -0.25) is 4.57 Å². The summed E-state index contributed by atoms with van der Waals surface area (Å²) >= 11 is 0. The lowest BCUT2D eigenvalue weighted by Gasteiger charge is -2.27. The molecule has 4 aromatic rings. The van der Waals surface area contributed by atoms with Crippen LogP contribution in [0, 0.1) is 0 Å². The second-order valence-electron chi connectivity index (χ2n) is 7.64. The Labute approximate surface area is 187 Å². The number of benzene rings is 4. The molecule has 0 saturated carbocycles. The Morgan fingerprint density at radius 2 is 1.31 bits per heavy atom. The van der Waals surface area contributed by atoms with Crippen LogP contribution in [0.1, 0.15) is 0 Å². The molecule has 0 fully saturated rings. The van der Waals surface area contributed by atoms with E-state index in [-0.39, 0.29) is 18.1 Å². The van der Waals surface area contributed by atoms with Crippen LogP contribution in [0.4, 0.5) is 0 Å². The molecule has 2 unspecified atom stereocenters. The first kappa shape index (κ1) is 20.7. The minimum atomic E-state index is -3.24. The highest BCUT2D eigenvalue weighted by Gasteiger charge is 2.39. The lowest BCUT2D eigenvalue weighted by molar-refractivity contribution is 0.477. The van der Waals surface area contributed by atoms with Crippen LogP contribution in [-0.4, -0.2) is 17.4 Å². The van der Waals surface area contributed by atoms with E-state index in [1.807, 2.05) is 72.8 Å².